The molecule has 0 atom stereocenters. The highest BCUT2D eigenvalue weighted by molar-refractivity contribution is 5.99. The number of carbonyl (C=O) groups is 1. The highest BCUT2D eigenvalue weighted by Gasteiger charge is 2.20. The van der Waals surface area contributed by atoms with Crippen LogP contribution in [0.1, 0.15) is 16.2 Å². The van der Waals surface area contributed by atoms with Gasteiger partial charge in [0.2, 0.25) is 0 Å². The van der Waals surface area contributed by atoms with Gasteiger partial charge >= 0.3 is 0 Å². The van der Waals surface area contributed by atoms with Crippen LogP contribution in [0.5, 0.6) is 0 Å². The molecule has 4 rings (SSSR count). The normalized spacial score (nSPS) is 11.0. The molecule has 0 aliphatic rings. The molecule has 2 N–H and O–H groups in total. The number of imidazole rings is 1. The number of halogens is 1. The Bertz CT molecular complexity index is 1030. The monoisotopic (exact) mass is 349 g/mol. The average molecular weight is 349 g/mol. The number of aromatic amines is 2. The summed E-state index contributed by atoms with van der Waals surface area (Å²) < 4.78 is 13.1. The predicted molar refractivity (Wildman–Crippen MR) is 95.9 cm³/mol. The van der Waals surface area contributed by atoms with E-state index < -0.39 is 0 Å². The van der Waals surface area contributed by atoms with Gasteiger partial charge in [0.15, 0.2) is 0 Å². The number of hydrogen-bond donors (Lipinski definition) is 2. The first-order valence-corrected chi connectivity index (χ1v) is 8.10. The molecule has 26 heavy (non-hydrogen) atoms. The number of fused-ring (bicyclic) bond motifs is 1. The summed E-state index contributed by atoms with van der Waals surface area (Å²) in [6.07, 6.45) is 1.48. The summed E-state index contributed by atoms with van der Waals surface area (Å²) in [6, 6.07) is 13.6. The third-order valence-electron chi connectivity index (χ3n) is 4.17. The van der Waals surface area contributed by atoms with Crippen LogP contribution in [-0.4, -0.2) is 38.0 Å². The summed E-state index contributed by atoms with van der Waals surface area (Å²) in [7, 11) is 1.71. The molecule has 0 fully saturated rings. The van der Waals surface area contributed by atoms with Gasteiger partial charge in [0.05, 0.1) is 35.0 Å². The molecule has 0 radical (unpaired) electrons. The first-order chi connectivity index (χ1) is 12.6. The number of H-pyrrole nitrogens is 2. The maximum atomic E-state index is 13.1. The summed E-state index contributed by atoms with van der Waals surface area (Å²) in [5.41, 5.74) is 3.48. The minimum absolute atomic E-state index is 0.196. The van der Waals surface area contributed by atoms with Crippen LogP contribution in [-0.2, 0) is 6.54 Å². The van der Waals surface area contributed by atoms with E-state index >= 15 is 0 Å². The molecule has 0 unspecified atom stereocenters. The van der Waals surface area contributed by atoms with E-state index in [0.717, 1.165) is 11.0 Å². The second kappa shape index (κ2) is 6.44. The van der Waals surface area contributed by atoms with E-state index in [1.165, 1.54) is 18.3 Å². The predicted octanol–water partition coefficient (Wildman–Crippen LogP) is 3.36. The van der Waals surface area contributed by atoms with Crippen molar-refractivity contribution in [2.45, 2.75) is 6.54 Å². The number of benzene rings is 2. The lowest BCUT2D eigenvalue weighted by Crippen LogP contribution is -2.26. The van der Waals surface area contributed by atoms with Crippen LogP contribution < -0.4 is 0 Å². The van der Waals surface area contributed by atoms with Gasteiger partial charge in [-0.25, -0.2) is 9.37 Å². The Morgan fingerprint density at radius 2 is 1.92 bits per heavy atom. The lowest BCUT2D eigenvalue weighted by Gasteiger charge is -2.15. The molecule has 2 heterocycles. The third-order valence-corrected chi connectivity index (χ3v) is 4.17. The maximum absolute atomic E-state index is 13.1. The zero-order valence-corrected chi connectivity index (χ0v) is 14.0. The van der Waals surface area contributed by atoms with Gasteiger partial charge in [-0.05, 0) is 36.4 Å². The average Bonchev–Trinajstić information content (AvgIpc) is 3.28. The lowest BCUT2D eigenvalue weighted by molar-refractivity contribution is 0.0783. The molecule has 7 heteroatoms. The Morgan fingerprint density at radius 1 is 1.15 bits per heavy atom. The summed E-state index contributed by atoms with van der Waals surface area (Å²) in [5.74, 6) is 0.176. The number of nitrogens with one attached hydrogen (secondary N) is 2. The summed E-state index contributed by atoms with van der Waals surface area (Å²) in [4.78, 5) is 22.1. The van der Waals surface area contributed by atoms with E-state index in [9.17, 15) is 9.18 Å². The van der Waals surface area contributed by atoms with Crippen LogP contribution >= 0.6 is 0 Å². The Balaban J connectivity index is 1.57. The summed E-state index contributed by atoms with van der Waals surface area (Å²) >= 11 is 0. The quantitative estimate of drug-likeness (QED) is 0.593. The molecule has 2 aromatic heterocycles. The SMILES string of the molecule is CN(Cc1nc2ccccc2[nH]1)C(=O)c1cn[nH]c1-c1ccc(F)cc1. The van der Waals surface area contributed by atoms with Crippen molar-refractivity contribution in [3.05, 3.63) is 71.9 Å². The summed E-state index contributed by atoms with van der Waals surface area (Å²) in [6.45, 7) is 0.335. The van der Waals surface area contributed by atoms with Crippen molar-refractivity contribution >= 4 is 16.9 Å². The molecule has 0 saturated heterocycles. The standard InChI is InChI=1S/C19H16FN5O/c1-25(11-17-22-15-4-2-3-5-16(15)23-17)19(26)14-10-21-24-18(14)12-6-8-13(20)9-7-12/h2-10H,11H2,1H3,(H,21,24)(H,22,23). The van der Waals surface area contributed by atoms with Gasteiger partial charge in [0, 0.05) is 12.6 Å². The van der Waals surface area contributed by atoms with Gasteiger partial charge in [-0.2, -0.15) is 5.10 Å². The fourth-order valence-electron chi connectivity index (χ4n) is 2.87. The van der Waals surface area contributed by atoms with Gasteiger partial charge in [-0.3, -0.25) is 9.89 Å². The van der Waals surface area contributed by atoms with Crippen molar-refractivity contribution in [3.8, 4) is 11.3 Å². The molecule has 0 bridgehead atoms. The number of hydrogen-bond acceptors (Lipinski definition) is 3. The number of nitrogens with zero attached hydrogens (tertiary/aromatic N) is 3. The van der Waals surface area contributed by atoms with Crippen LogP contribution in [0, 0.1) is 5.82 Å². The van der Waals surface area contributed by atoms with Crippen molar-refractivity contribution in [2.75, 3.05) is 7.05 Å². The third kappa shape index (κ3) is 2.95. The molecule has 0 spiro atoms. The van der Waals surface area contributed by atoms with Crippen molar-refractivity contribution < 1.29 is 9.18 Å². The van der Waals surface area contributed by atoms with Crippen molar-refractivity contribution in [2.24, 2.45) is 0 Å². The number of amides is 1. The second-order valence-electron chi connectivity index (χ2n) is 6.03. The lowest BCUT2D eigenvalue weighted by atomic mass is 10.1. The van der Waals surface area contributed by atoms with Crippen LogP contribution in [0.3, 0.4) is 0 Å². The minimum Gasteiger partial charge on any atom is -0.340 e. The second-order valence-corrected chi connectivity index (χ2v) is 6.03. The molecule has 2 aromatic carbocycles. The Labute approximate surface area is 148 Å². The first kappa shape index (κ1) is 16.0. The molecular formula is C19H16FN5O. The number of carbonyl (C=O) groups excluding carboxylic acids is 1. The zero-order valence-electron chi connectivity index (χ0n) is 14.0. The van der Waals surface area contributed by atoms with Crippen molar-refractivity contribution in [3.63, 3.8) is 0 Å². The Morgan fingerprint density at radius 3 is 2.69 bits per heavy atom. The van der Waals surface area contributed by atoms with E-state index in [1.54, 1.807) is 24.1 Å². The number of rotatable bonds is 4. The highest BCUT2D eigenvalue weighted by Crippen LogP contribution is 2.23. The largest absolute Gasteiger partial charge is 0.340 e. The first-order valence-electron chi connectivity index (χ1n) is 8.10. The zero-order chi connectivity index (χ0) is 18.1. The highest BCUT2D eigenvalue weighted by atomic mass is 19.1. The van der Waals surface area contributed by atoms with Gasteiger partial charge in [-0.1, -0.05) is 12.1 Å². The van der Waals surface area contributed by atoms with Gasteiger partial charge in [0.25, 0.3) is 5.91 Å². The Kier molecular flexibility index (Phi) is 3.96. The molecule has 0 aliphatic carbocycles. The maximum Gasteiger partial charge on any atom is 0.257 e. The number of aromatic nitrogens is 4. The van der Waals surface area contributed by atoms with Crippen LogP contribution in [0.25, 0.3) is 22.3 Å². The van der Waals surface area contributed by atoms with Gasteiger partial charge in [0.1, 0.15) is 11.6 Å². The fourth-order valence-corrected chi connectivity index (χ4v) is 2.87. The molecule has 4 aromatic rings. The van der Waals surface area contributed by atoms with E-state index in [4.69, 9.17) is 0 Å². The van der Waals surface area contributed by atoms with Crippen LogP contribution in [0.15, 0.2) is 54.7 Å². The van der Waals surface area contributed by atoms with E-state index in [2.05, 4.69) is 20.2 Å². The summed E-state index contributed by atoms with van der Waals surface area (Å²) in [5, 5.41) is 6.80. The smallest absolute Gasteiger partial charge is 0.257 e. The van der Waals surface area contributed by atoms with Crippen LogP contribution in [0.2, 0.25) is 0 Å². The van der Waals surface area contributed by atoms with Crippen molar-refractivity contribution in [1.82, 2.24) is 25.1 Å². The minimum atomic E-state index is -0.330. The fraction of sp³-hybridized carbons (Fsp3) is 0.105. The molecule has 0 aliphatic heterocycles. The molecule has 1 amide bonds. The molecule has 130 valence electrons. The number of para-hydroxylation sites is 2. The topological polar surface area (TPSA) is 77.7 Å². The van der Waals surface area contributed by atoms with E-state index in [1.807, 2.05) is 24.3 Å². The van der Waals surface area contributed by atoms with E-state index in [0.29, 0.717) is 29.2 Å². The van der Waals surface area contributed by atoms with Gasteiger partial charge < -0.3 is 9.88 Å². The van der Waals surface area contributed by atoms with Gasteiger partial charge in [-0.15, -0.1) is 0 Å². The van der Waals surface area contributed by atoms with Crippen molar-refractivity contribution in [1.29, 1.82) is 0 Å². The van der Waals surface area contributed by atoms with E-state index in [-0.39, 0.29) is 11.7 Å². The molecule has 6 nitrogen and oxygen atoms in total. The molecular weight excluding hydrogens is 333 g/mol. The Hall–Kier alpha value is -3.48. The molecule has 0 saturated carbocycles. The van der Waals surface area contributed by atoms with Crippen LogP contribution in [0.4, 0.5) is 4.39 Å².